The highest BCUT2D eigenvalue weighted by Crippen LogP contribution is 2.22. The molecule has 0 aliphatic heterocycles. The molecule has 0 aliphatic carbocycles. The van der Waals surface area contributed by atoms with Crippen LogP contribution in [0.2, 0.25) is 0 Å². The zero-order valence-electron chi connectivity index (χ0n) is 12.4. The van der Waals surface area contributed by atoms with Crippen LogP contribution < -0.4 is 0 Å². The summed E-state index contributed by atoms with van der Waals surface area (Å²) in [6, 6.07) is 6.30. The van der Waals surface area contributed by atoms with E-state index in [0.29, 0.717) is 22.5 Å². The van der Waals surface area contributed by atoms with Crippen molar-refractivity contribution in [3.63, 3.8) is 0 Å². The van der Waals surface area contributed by atoms with Crippen molar-refractivity contribution in [2.45, 2.75) is 5.16 Å². The number of nitro groups is 1. The zero-order valence-corrected chi connectivity index (χ0v) is 13.2. The van der Waals surface area contributed by atoms with Crippen LogP contribution in [0, 0.1) is 10.1 Å². The number of furan rings is 2. The average molecular weight is 345 g/mol. The molecule has 3 aromatic heterocycles. The van der Waals surface area contributed by atoms with Crippen LogP contribution in [0.3, 0.4) is 0 Å². The van der Waals surface area contributed by atoms with Gasteiger partial charge < -0.3 is 8.83 Å². The van der Waals surface area contributed by atoms with E-state index >= 15 is 0 Å². The zero-order chi connectivity index (χ0) is 16.9. The first kappa shape index (κ1) is 15.7. The van der Waals surface area contributed by atoms with E-state index in [1.54, 1.807) is 35.2 Å². The minimum absolute atomic E-state index is 0.310. The maximum Gasteiger partial charge on any atom is 0.433 e. The normalized spacial score (nSPS) is 11.7. The second-order valence-corrected chi connectivity index (χ2v) is 5.13. The van der Waals surface area contributed by atoms with Crippen molar-refractivity contribution < 1.29 is 13.8 Å². The minimum atomic E-state index is -0.594. The van der Waals surface area contributed by atoms with E-state index in [9.17, 15) is 10.1 Å². The van der Waals surface area contributed by atoms with Gasteiger partial charge in [-0.1, -0.05) is 11.8 Å². The van der Waals surface area contributed by atoms with E-state index in [0.717, 1.165) is 0 Å². The fraction of sp³-hybridized carbons (Fsp3) is 0.0714. The molecular formula is C14H11N5O4S. The van der Waals surface area contributed by atoms with Crippen molar-refractivity contribution in [2.24, 2.45) is 5.10 Å². The molecule has 3 rings (SSSR count). The van der Waals surface area contributed by atoms with E-state index in [1.807, 2.05) is 6.26 Å². The Kier molecular flexibility index (Phi) is 4.57. The summed E-state index contributed by atoms with van der Waals surface area (Å²) in [6.07, 6.45) is 8.06. The molecule has 0 saturated carbocycles. The summed E-state index contributed by atoms with van der Waals surface area (Å²) < 4.78 is 11.9. The van der Waals surface area contributed by atoms with E-state index in [-0.39, 0.29) is 5.88 Å². The van der Waals surface area contributed by atoms with Gasteiger partial charge in [-0.15, -0.1) is 10.2 Å². The topological polar surface area (TPSA) is 112 Å². The smallest absolute Gasteiger partial charge is 0.433 e. The predicted octanol–water partition coefficient (Wildman–Crippen LogP) is 3.31. The van der Waals surface area contributed by atoms with Crippen LogP contribution in [0.25, 0.3) is 17.7 Å². The largest absolute Gasteiger partial charge is 0.461 e. The Morgan fingerprint density at radius 2 is 2.25 bits per heavy atom. The van der Waals surface area contributed by atoms with Gasteiger partial charge in [-0.25, -0.2) is 0 Å². The molecule has 0 amide bonds. The average Bonchev–Trinajstić information content (AvgIpc) is 3.30. The van der Waals surface area contributed by atoms with Crippen LogP contribution in [-0.4, -0.2) is 32.3 Å². The van der Waals surface area contributed by atoms with Gasteiger partial charge in [0, 0.05) is 6.21 Å². The van der Waals surface area contributed by atoms with E-state index in [2.05, 4.69) is 15.3 Å². The minimum Gasteiger partial charge on any atom is -0.461 e. The molecule has 0 radical (unpaired) electrons. The second kappa shape index (κ2) is 6.96. The van der Waals surface area contributed by atoms with Gasteiger partial charge in [0.05, 0.1) is 12.3 Å². The highest BCUT2D eigenvalue weighted by molar-refractivity contribution is 7.98. The molecule has 0 atom stereocenters. The molecule has 3 heterocycles. The summed E-state index contributed by atoms with van der Waals surface area (Å²) in [5.41, 5.74) is 0. The SMILES string of the molecule is CSc1nnc(-c2ccco2)n1/N=C/C=C/c1ccc([N+](=O)[O-])o1. The maximum atomic E-state index is 10.6. The first-order valence-corrected chi connectivity index (χ1v) is 7.90. The number of thioether (sulfide) groups is 1. The highest BCUT2D eigenvalue weighted by atomic mass is 32.2. The standard InChI is InChI=1S/C14H11N5O4S/c1-24-14-17-16-13(11-5-3-9-22-11)18(14)15-8-2-4-10-6-7-12(23-10)19(20)21/h2-9H,1H3/b4-2+,15-8+. The van der Waals surface area contributed by atoms with Crippen molar-refractivity contribution in [2.75, 3.05) is 6.26 Å². The molecule has 0 spiro atoms. The second-order valence-electron chi connectivity index (χ2n) is 4.36. The Hall–Kier alpha value is -3.14. The number of aromatic nitrogens is 3. The fourth-order valence-electron chi connectivity index (χ4n) is 1.83. The number of hydrogen-bond acceptors (Lipinski definition) is 8. The summed E-state index contributed by atoms with van der Waals surface area (Å²) in [6.45, 7) is 0. The summed E-state index contributed by atoms with van der Waals surface area (Å²) in [5.74, 6) is 1.07. The van der Waals surface area contributed by atoms with Crippen LogP contribution in [0.15, 0.2) is 55.7 Å². The third-order valence-corrected chi connectivity index (χ3v) is 3.48. The third kappa shape index (κ3) is 3.27. The van der Waals surface area contributed by atoms with Crippen LogP contribution in [0.1, 0.15) is 5.76 Å². The van der Waals surface area contributed by atoms with Crippen molar-refractivity contribution in [1.82, 2.24) is 14.9 Å². The van der Waals surface area contributed by atoms with Crippen LogP contribution >= 0.6 is 11.8 Å². The first-order valence-electron chi connectivity index (χ1n) is 6.67. The molecular weight excluding hydrogens is 334 g/mol. The Morgan fingerprint density at radius 3 is 2.92 bits per heavy atom. The van der Waals surface area contributed by atoms with E-state index in [4.69, 9.17) is 8.83 Å². The van der Waals surface area contributed by atoms with Crippen molar-refractivity contribution in [3.05, 3.63) is 52.5 Å². The van der Waals surface area contributed by atoms with Crippen LogP contribution in [0.4, 0.5) is 5.88 Å². The Bertz CT molecular complexity index is 894. The molecule has 10 heteroatoms. The van der Waals surface area contributed by atoms with Crippen molar-refractivity contribution in [3.8, 4) is 11.6 Å². The summed E-state index contributed by atoms with van der Waals surface area (Å²) in [7, 11) is 0. The number of nitrogens with zero attached hydrogens (tertiary/aromatic N) is 5. The van der Waals surface area contributed by atoms with Crippen molar-refractivity contribution >= 4 is 29.9 Å². The molecule has 0 saturated heterocycles. The van der Waals surface area contributed by atoms with E-state index < -0.39 is 4.92 Å². The molecule has 0 aliphatic rings. The molecule has 0 bridgehead atoms. The van der Waals surface area contributed by atoms with E-state index in [1.165, 1.54) is 30.1 Å². The summed E-state index contributed by atoms with van der Waals surface area (Å²) in [5, 5.41) is 23.5. The van der Waals surface area contributed by atoms with Crippen LogP contribution in [0.5, 0.6) is 0 Å². The van der Waals surface area contributed by atoms with Gasteiger partial charge in [0.2, 0.25) is 11.0 Å². The predicted molar refractivity (Wildman–Crippen MR) is 87.8 cm³/mol. The first-order chi connectivity index (χ1) is 11.7. The Balaban J connectivity index is 1.80. The number of rotatable bonds is 6. The molecule has 122 valence electrons. The lowest BCUT2D eigenvalue weighted by molar-refractivity contribution is -0.402. The van der Waals surface area contributed by atoms with Gasteiger partial charge in [-0.3, -0.25) is 10.1 Å². The Morgan fingerprint density at radius 1 is 1.38 bits per heavy atom. The maximum absolute atomic E-state index is 10.6. The quantitative estimate of drug-likeness (QED) is 0.291. The molecule has 3 aromatic rings. The lowest BCUT2D eigenvalue weighted by Gasteiger charge is -1.99. The van der Waals surface area contributed by atoms with Crippen LogP contribution in [-0.2, 0) is 0 Å². The molecule has 0 aromatic carbocycles. The molecule has 9 nitrogen and oxygen atoms in total. The number of hydrogen-bond donors (Lipinski definition) is 0. The molecule has 0 fully saturated rings. The summed E-state index contributed by atoms with van der Waals surface area (Å²) in [4.78, 5) is 9.96. The summed E-state index contributed by atoms with van der Waals surface area (Å²) >= 11 is 1.39. The molecule has 0 N–H and O–H groups in total. The molecule has 24 heavy (non-hydrogen) atoms. The number of allylic oxidation sites excluding steroid dienone is 1. The van der Waals surface area contributed by atoms with Gasteiger partial charge in [0.25, 0.3) is 0 Å². The lowest BCUT2D eigenvalue weighted by Crippen LogP contribution is -1.94. The van der Waals surface area contributed by atoms with Gasteiger partial charge in [0.1, 0.15) is 10.7 Å². The van der Waals surface area contributed by atoms with Gasteiger partial charge in [-0.2, -0.15) is 9.78 Å². The monoisotopic (exact) mass is 345 g/mol. The third-order valence-electron chi connectivity index (χ3n) is 2.86. The van der Waals surface area contributed by atoms with Gasteiger partial charge in [-0.05, 0) is 36.6 Å². The highest BCUT2D eigenvalue weighted by Gasteiger charge is 2.14. The molecule has 0 unspecified atom stereocenters. The van der Waals surface area contributed by atoms with Gasteiger partial charge >= 0.3 is 5.88 Å². The van der Waals surface area contributed by atoms with Crippen molar-refractivity contribution in [1.29, 1.82) is 0 Å². The Labute approximate surface area is 139 Å². The van der Waals surface area contributed by atoms with Gasteiger partial charge in [0.15, 0.2) is 5.76 Å². The lowest BCUT2D eigenvalue weighted by atomic mass is 10.4. The fourth-order valence-corrected chi connectivity index (χ4v) is 2.26.